The quantitative estimate of drug-likeness (QED) is 0.831. The van der Waals surface area contributed by atoms with Crippen LogP contribution in [0.4, 0.5) is 11.4 Å². The summed E-state index contributed by atoms with van der Waals surface area (Å²) < 4.78 is 5.42. The number of amides is 1. The van der Waals surface area contributed by atoms with Gasteiger partial charge in [-0.2, -0.15) is 0 Å². The van der Waals surface area contributed by atoms with Gasteiger partial charge in [0.2, 0.25) is 0 Å². The zero-order chi connectivity index (χ0) is 15.2. The minimum atomic E-state index is -0.288. The van der Waals surface area contributed by atoms with E-state index in [9.17, 15) is 4.79 Å². The number of hydrogen-bond acceptors (Lipinski definition) is 3. The number of carbonyl (C=O) groups is 1. The number of anilines is 2. The fraction of sp³-hybridized carbons (Fsp3) is 0.188. The number of nitrogens with one attached hydrogen (secondary N) is 1. The lowest BCUT2D eigenvalue weighted by atomic mass is 10.2. The van der Waals surface area contributed by atoms with Crippen molar-refractivity contribution in [1.82, 2.24) is 0 Å². The molecule has 3 N–H and O–H groups in total. The highest BCUT2D eigenvalue weighted by Crippen LogP contribution is 2.22. The molecule has 0 saturated heterocycles. The van der Waals surface area contributed by atoms with Gasteiger partial charge in [0, 0.05) is 5.02 Å². The van der Waals surface area contributed by atoms with Gasteiger partial charge in [0.25, 0.3) is 5.91 Å². The maximum absolute atomic E-state index is 11.8. The van der Waals surface area contributed by atoms with E-state index in [4.69, 9.17) is 22.1 Å². The molecule has 0 radical (unpaired) electrons. The van der Waals surface area contributed by atoms with Crippen LogP contribution in [0, 0.1) is 0 Å². The largest absolute Gasteiger partial charge is 0.484 e. The lowest BCUT2D eigenvalue weighted by molar-refractivity contribution is -0.118. The molecule has 0 saturated carbocycles. The first-order valence-corrected chi connectivity index (χ1v) is 7.03. The molecule has 1 amide bonds. The molecule has 0 unspecified atom stereocenters. The summed E-state index contributed by atoms with van der Waals surface area (Å²) >= 11 is 5.86. The van der Waals surface area contributed by atoms with Crippen LogP contribution in [0.3, 0.4) is 0 Å². The Hall–Kier alpha value is -2.20. The normalized spacial score (nSPS) is 10.2. The molecule has 0 spiro atoms. The van der Waals surface area contributed by atoms with Gasteiger partial charge in [-0.25, -0.2) is 0 Å². The molecule has 4 nitrogen and oxygen atoms in total. The number of hydrogen-bond donors (Lipinski definition) is 2. The topological polar surface area (TPSA) is 64.3 Å². The first kappa shape index (κ1) is 15.2. The predicted molar refractivity (Wildman–Crippen MR) is 85.8 cm³/mol. The maximum atomic E-state index is 11.8. The van der Waals surface area contributed by atoms with Crippen molar-refractivity contribution in [2.24, 2.45) is 0 Å². The second kappa shape index (κ2) is 6.99. The van der Waals surface area contributed by atoms with Gasteiger partial charge in [-0.3, -0.25) is 4.79 Å². The molecule has 0 heterocycles. The van der Waals surface area contributed by atoms with Gasteiger partial charge >= 0.3 is 0 Å². The number of nitrogen functional groups attached to an aromatic ring is 1. The Morgan fingerprint density at radius 3 is 2.62 bits per heavy atom. The Kier molecular flexibility index (Phi) is 5.06. The molecule has 21 heavy (non-hydrogen) atoms. The average molecular weight is 305 g/mol. The third kappa shape index (κ3) is 4.39. The summed E-state index contributed by atoms with van der Waals surface area (Å²) in [6.07, 6.45) is 0.967. The van der Waals surface area contributed by atoms with E-state index in [1.165, 1.54) is 5.56 Å². The predicted octanol–water partition coefficient (Wildman–Crippen LogP) is 3.50. The zero-order valence-electron chi connectivity index (χ0n) is 11.7. The van der Waals surface area contributed by atoms with Crippen molar-refractivity contribution in [3.8, 4) is 5.75 Å². The molecule has 2 aromatic rings. The van der Waals surface area contributed by atoms with Crippen LogP contribution in [0.15, 0.2) is 42.5 Å². The number of nitrogens with two attached hydrogens (primary N) is 1. The monoisotopic (exact) mass is 304 g/mol. The molecule has 0 aliphatic carbocycles. The van der Waals surface area contributed by atoms with E-state index in [1.807, 2.05) is 24.3 Å². The average Bonchev–Trinajstić information content (AvgIpc) is 2.49. The number of rotatable bonds is 5. The van der Waals surface area contributed by atoms with E-state index in [1.54, 1.807) is 18.2 Å². The Morgan fingerprint density at radius 2 is 1.95 bits per heavy atom. The minimum Gasteiger partial charge on any atom is -0.484 e. The summed E-state index contributed by atoms with van der Waals surface area (Å²) in [4.78, 5) is 11.8. The van der Waals surface area contributed by atoms with Gasteiger partial charge in [0.15, 0.2) is 6.61 Å². The van der Waals surface area contributed by atoms with Crippen molar-refractivity contribution in [3.63, 3.8) is 0 Å². The molecule has 0 bridgehead atoms. The maximum Gasteiger partial charge on any atom is 0.262 e. The molecule has 2 rings (SSSR count). The van der Waals surface area contributed by atoms with Gasteiger partial charge < -0.3 is 15.8 Å². The summed E-state index contributed by atoms with van der Waals surface area (Å²) in [6, 6.07) is 12.6. The second-order valence-electron chi connectivity index (χ2n) is 4.57. The highest BCUT2D eigenvalue weighted by Gasteiger charge is 2.07. The van der Waals surface area contributed by atoms with E-state index in [0.717, 1.165) is 6.42 Å². The van der Waals surface area contributed by atoms with Crippen molar-refractivity contribution in [3.05, 3.63) is 53.1 Å². The number of ether oxygens (including phenoxy) is 1. The van der Waals surface area contributed by atoms with Gasteiger partial charge in [-0.05, 0) is 42.3 Å². The van der Waals surface area contributed by atoms with Crippen molar-refractivity contribution in [2.75, 3.05) is 17.7 Å². The summed E-state index contributed by atoms with van der Waals surface area (Å²) in [7, 11) is 0. The van der Waals surface area contributed by atoms with Crippen LogP contribution in [0.25, 0.3) is 0 Å². The molecule has 2 aromatic carbocycles. The molecular formula is C16H17ClN2O2. The van der Waals surface area contributed by atoms with Crippen molar-refractivity contribution in [1.29, 1.82) is 0 Å². The Morgan fingerprint density at radius 1 is 1.24 bits per heavy atom. The molecule has 0 aliphatic heterocycles. The SMILES string of the molecule is CCc1ccc(OCC(=O)Nc2cc(Cl)ccc2N)cc1. The summed E-state index contributed by atoms with van der Waals surface area (Å²) in [6.45, 7) is 2.00. The second-order valence-corrected chi connectivity index (χ2v) is 5.00. The molecule has 110 valence electrons. The molecule has 0 atom stereocenters. The minimum absolute atomic E-state index is 0.0859. The molecule has 0 aromatic heterocycles. The van der Waals surface area contributed by atoms with E-state index in [-0.39, 0.29) is 12.5 Å². The van der Waals surface area contributed by atoms with Gasteiger partial charge in [0.1, 0.15) is 5.75 Å². The molecule has 0 aliphatic rings. The Balaban J connectivity index is 1.91. The van der Waals surface area contributed by atoms with Gasteiger partial charge in [0.05, 0.1) is 11.4 Å². The fourth-order valence-corrected chi connectivity index (χ4v) is 1.97. The number of benzene rings is 2. The van der Waals surface area contributed by atoms with Gasteiger partial charge in [-0.1, -0.05) is 30.7 Å². The highest BCUT2D eigenvalue weighted by atomic mass is 35.5. The lowest BCUT2D eigenvalue weighted by Gasteiger charge is -2.10. The summed E-state index contributed by atoms with van der Waals surface area (Å²) in [5.41, 5.74) is 7.93. The zero-order valence-corrected chi connectivity index (χ0v) is 12.5. The molecule has 5 heteroatoms. The lowest BCUT2D eigenvalue weighted by Crippen LogP contribution is -2.20. The third-order valence-corrected chi connectivity index (χ3v) is 3.23. The first-order chi connectivity index (χ1) is 10.1. The van der Waals surface area contributed by atoms with Crippen LogP contribution in [0.1, 0.15) is 12.5 Å². The van der Waals surface area contributed by atoms with E-state index < -0.39 is 0 Å². The van der Waals surface area contributed by atoms with Crippen LogP contribution >= 0.6 is 11.6 Å². The Labute approximate surface area is 128 Å². The highest BCUT2D eigenvalue weighted by molar-refractivity contribution is 6.31. The third-order valence-electron chi connectivity index (χ3n) is 2.99. The van der Waals surface area contributed by atoms with Crippen molar-refractivity contribution >= 4 is 28.9 Å². The van der Waals surface area contributed by atoms with E-state index in [2.05, 4.69) is 12.2 Å². The van der Waals surface area contributed by atoms with Gasteiger partial charge in [-0.15, -0.1) is 0 Å². The van der Waals surface area contributed by atoms with Crippen LogP contribution in [0.5, 0.6) is 5.75 Å². The van der Waals surface area contributed by atoms with Crippen LogP contribution in [-0.4, -0.2) is 12.5 Å². The first-order valence-electron chi connectivity index (χ1n) is 6.65. The Bertz CT molecular complexity index is 627. The molecule has 0 fully saturated rings. The smallest absolute Gasteiger partial charge is 0.262 e. The fourth-order valence-electron chi connectivity index (χ4n) is 1.79. The van der Waals surface area contributed by atoms with E-state index >= 15 is 0 Å². The van der Waals surface area contributed by atoms with Crippen molar-refractivity contribution < 1.29 is 9.53 Å². The van der Waals surface area contributed by atoms with Crippen LogP contribution < -0.4 is 15.8 Å². The summed E-state index contributed by atoms with van der Waals surface area (Å²) in [5.74, 6) is 0.366. The van der Waals surface area contributed by atoms with E-state index in [0.29, 0.717) is 22.1 Å². The number of carbonyl (C=O) groups excluding carboxylic acids is 1. The van der Waals surface area contributed by atoms with Crippen molar-refractivity contribution in [2.45, 2.75) is 13.3 Å². The number of aryl methyl sites for hydroxylation is 1. The standard InChI is InChI=1S/C16H17ClN2O2/c1-2-11-3-6-13(7-4-11)21-10-16(20)19-15-9-12(17)5-8-14(15)18/h3-9H,2,10,18H2,1H3,(H,19,20). The van der Waals surface area contributed by atoms with Crippen LogP contribution in [-0.2, 0) is 11.2 Å². The number of halogens is 1. The van der Waals surface area contributed by atoms with Crippen LogP contribution in [0.2, 0.25) is 5.02 Å². The molecular weight excluding hydrogens is 288 g/mol. The summed E-state index contributed by atoms with van der Waals surface area (Å²) in [5, 5.41) is 3.18.